The highest BCUT2D eigenvalue weighted by Gasteiger charge is 2.32. The fraction of sp³-hybridized carbons (Fsp3) is 0.714. The molecule has 0 aliphatic heterocycles. The van der Waals surface area contributed by atoms with Crippen molar-refractivity contribution in [2.75, 3.05) is 19.8 Å². The van der Waals surface area contributed by atoms with Gasteiger partial charge in [-0.15, -0.1) is 0 Å². The number of carbonyl (C=O) groups is 2. The number of hydrogen-bond donors (Lipinski definition) is 5. The molecule has 5 N–H and O–H groups in total. The Morgan fingerprint density at radius 1 is 1.10 bits per heavy atom. The summed E-state index contributed by atoms with van der Waals surface area (Å²) in [6.07, 6.45) is 4.85. The third-order valence-corrected chi connectivity index (χ3v) is 3.78. The molecule has 0 heterocycles. The second kappa shape index (κ2) is 9.49. The van der Waals surface area contributed by atoms with E-state index in [4.69, 9.17) is 25.5 Å². The monoisotopic (exact) mass is 304 g/mol. The quantitative estimate of drug-likeness (QED) is 0.439. The molecule has 7 heteroatoms. The van der Waals surface area contributed by atoms with Crippen LogP contribution in [0.15, 0.2) is 12.2 Å². The first-order chi connectivity index (χ1) is 9.87. The summed E-state index contributed by atoms with van der Waals surface area (Å²) >= 11 is 0. The third-order valence-electron chi connectivity index (χ3n) is 3.78. The summed E-state index contributed by atoms with van der Waals surface area (Å²) < 4.78 is 0. The molecule has 2 unspecified atom stereocenters. The molecule has 0 aromatic heterocycles. The minimum atomic E-state index is -1.06. The van der Waals surface area contributed by atoms with Gasteiger partial charge in [-0.25, -0.2) is 0 Å². The van der Waals surface area contributed by atoms with Gasteiger partial charge in [-0.1, -0.05) is 19.1 Å². The number of aliphatic carboxylic acids is 2. The molecular weight excluding hydrogens is 280 g/mol. The molecule has 0 saturated carbocycles. The van der Waals surface area contributed by atoms with Gasteiger partial charge in [0.15, 0.2) is 0 Å². The lowest BCUT2D eigenvalue weighted by molar-refractivity contribution is -0.152. The normalized spacial score (nSPS) is 21.3. The van der Waals surface area contributed by atoms with Gasteiger partial charge in [-0.3, -0.25) is 9.59 Å². The average Bonchev–Trinajstić information content (AvgIpc) is 2.50. The molecule has 21 heavy (non-hydrogen) atoms. The largest absolute Gasteiger partial charge is 0.481 e. The Kier molecular flexibility index (Phi) is 8.84. The Morgan fingerprint density at radius 3 is 1.86 bits per heavy atom. The van der Waals surface area contributed by atoms with Crippen LogP contribution in [0.4, 0.5) is 0 Å². The van der Waals surface area contributed by atoms with Crippen LogP contribution in [0.2, 0.25) is 0 Å². The standard InChI is InChI=1S/C8H10O4.C6H14O3/c9-7(10)5-3-1-2-4-6(5)8(11)12;1-2-6(3-7,4-8)5-9/h1,3,5-6H,2,4H2,(H,9,10)(H,11,12);7-9H,2-5H2,1H3. The maximum Gasteiger partial charge on any atom is 0.311 e. The Balaban J connectivity index is 0.000000400. The van der Waals surface area contributed by atoms with Gasteiger partial charge in [0.05, 0.1) is 31.7 Å². The summed E-state index contributed by atoms with van der Waals surface area (Å²) in [5, 5.41) is 43.3. The van der Waals surface area contributed by atoms with Crippen molar-refractivity contribution in [3.63, 3.8) is 0 Å². The maximum absolute atomic E-state index is 10.6. The van der Waals surface area contributed by atoms with E-state index in [2.05, 4.69) is 0 Å². The van der Waals surface area contributed by atoms with Gasteiger partial charge in [-0.2, -0.15) is 0 Å². The van der Waals surface area contributed by atoms with Crippen molar-refractivity contribution >= 4 is 11.9 Å². The number of carboxylic acids is 2. The van der Waals surface area contributed by atoms with Crippen molar-refractivity contribution < 1.29 is 35.1 Å². The smallest absolute Gasteiger partial charge is 0.311 e. The molecule has 0 spiro atoms. The first-order valence-corrected chi connectivity index (χ1v) is 6.82. The average molecular weight is 304 g/mol. The van der Waals surface area contributed by atoms with E-state index >= 15 is 0 Å². The van der Waals surface area contributed by atoms with Gasteiger partial charge in [0.25, 0.3) is 0 Å². The maximum atomic E-state index is 10.6. The van der Waals surface area contributed by atoms with Gasteiger partial charge >= 0.3 is 11.9 Å². The highest BCUT2D eigenvalue weighted by Crippen LogP contribution is 2.25. The fourth-order valence-corrected chi connectivity index (χ4v) is 1.85. The first kappa shape index (κ1) is 19.6. The summed E-state index contributed by atoms with van der Waals surface area (Å²) in [6.45, 7) is 1.35. The molecule has 2 atom stereocenters. The molecule has 1 rings (SSSR count). The van der Waals surface area contributed by atoms with E-state index in [-0.39, 0.29) is 19.8 Å². The van der Waals surface area contributed by atoms with Crippen LogP contribution in [-0.2, 0) is 9.59 Å². The number of carboxylic acid groups (broad SMARTS) is 2. The van der Waals surface area contributed by atoms with Crippen LogP contribution in [-0.4, -0.2) is 57.3 Å². The van der Waals surface area contributed by atoms with E-state index in [1.165, 1.54) is 6.08 Å². The van der Waals surface area contributed by atoms with E-state index in [1.54, 1.807) is 6.08 Å². The molecule has 122 valence electrons. The van der Waals surface area contributed by atoms with Crippen LogP contribution in [0.1, 0.15) is 26.2 Å². The van der Waals surface area contributed by atoms with Crippen molar-refractivity contribution in [3.8, 4) is 0 Å². The molecule has 0 aromatic rings. The van der Waals surface area contributed by atoms with Gasteiger partial charge < -0.3 is 25.5 Å². The number of aliphatic hydroxyl groups excluding tert-OH is 3. The van der Waals surface area contributed by atoms with Gasteiger partial charge in [-0.05, 0) is 19.3 Å². The molecule has 0 radical (unpaired) electrons. The van der Waals surface area contributed by atoms with Crippen LogP contribution in [0, 0.1) is 17.3 Å². The molecule has 1 aliphatic carbocycles. The van der Waals surface area contributed by atoms with Crippen LogP contribution in [0.5, 0.6) is 0 Å². The lowest BCUT2D eigenvalue weighted by Gasteiger charge is -2.24. The minimum absolute atomic E-state index is 0.156. The van der Waals surface area contributed by atoms with E-state index in [1.807, 2.05) is 6.92 Å². The topological polar surface area (TPSA) is 135 Å². The minimum Gasteiger partial charge on any atom is -0.481 e. The van der Waals surface area contributed by atoms with Gasteiger partial charge in [0, 0.05) is 5.41 Å². The van der Waals surface area contributed by atoms with E-state index in [0.717, 1.165) is 0 Å². The third kappa shape index (κ3) is 5.82. The summed E-state index contributed by atoms with van der Waals surface area (Å²) in [6, 6.07) is 0. The van der Waals surface area contributed by atoms with Crippen LogP contribution in [0.3, 0.4) is 0 Å². The van der Waals surface area contributed by atoms with Crippen LogP contribution in [0.25, 0.3) is 0 Å². The van der Waals surface area contributed by atoms with Crippen molar-refractivity contribution in [1.82, 2.24) is 0 Å². The highest BCUT2D eigenvalue weighted by atomic mass is 16.4. The highest BCUT2D eigenvalue weighted by molar-refractivity contribution is 5.81. The zero-order valence-corrected chi connectivity index (χ0v) is 12.1. The Morgan fingerprint density at radius 2 is 1.62 bits per heavy atom. The fourth-order valence-electron chi connectivity index (χ4n) is 1.85. The Hall–Kier alpha value is -1.44. The number of aliphatic hydroxyl groups is 3. The second-order valence-electron chi connectivity index (χ2n) is 5.14. The molecule has 0 amide bonds. The molecular formula is C14H24O7. The van der Waals surface area contributed by atoms with Gasteiger partial charge in [0.1, 0.15) is 0 Å². The van der Waals surface area contributed by atoms with Crippen LogP contribution >= 0.6 is 0 Å². The zero-order valence-electron chi connectivity index (χ0n) is 12.1. The first-order valence-electron chi connectivity index (χ1n) is 6.82. The van der Waals surface area contributed by atoms with E-state index < -0.39 is 29.2 Å². The lowest BCUT2D eigenvalue weighted by Crippen LogP contribution is -2.32. The molecule has 7 nitrogen and oxygen atoms in total. The molecule has 0 saturated heterocycles. The van der Waals surface area contributed by atoms with Gasteiger partial charge in [0.2, 0.25) is 0 Å². The Labute approximate surface area is 123 Å². The van der Waals surface area contributed by atoms with Crippen molar-refractivity contribution in [3.05, 3.63) is 12.2 Å². The SMILES string of the molecule is CCC(CO)(CO)CO.O=C(O)C1C=CCCC1C(=O)O. The summed E-state index contributed by atoms with van der Waals surface area (Å²) in [5.41, 5.74) is -0.667. The van der Waals surface area contributed by atoms with Crippen molar-refractivity contribution in [1.29, 1.82) is 0 Å². The molecule has 0 bridgehead atoms. The van der Waals surface area contributed by atoms with Crippen LogP contribution < -0.4 is 0 Å². The number of allylic oxidation sites excluding steroid dienone is 1. The molecule has 0 fully saturated rings. The van der Waals surface area contributed by atoms with E-state index in [9.17, 15) is 9.59 Å². The second-order valence-corrected chi connectivity index (χ2v) is 5.14. The predicted molar refractivity (Wildman–Crippen MR) is 74.6 cm³/mol. The number of rotatable bonds is 6. The number of hydrogen-bond acceptors (Lipinski definition) is 5. The van der Waals surface area contributed by atoms with Crippen molar-refractivity contribution in [2.24, 2.45) is 17.3 Å². The van der Waals surface area contributed by atoms with E-state index in [0.29, 0.717) is 19.3 Å². The molecule has 1 aliphatic rings. The summed E-state index contributed by atoms with van der Waals surface area (Å²) in [4.78, 5) is 21.1. The van der Waals surface area contributed by atoms with Crippen molar-refractivity contribution in [2.45, 2.75) is 26.2 Å². The molecule has 0 aromatic carbocycles. The predicted octanol–water partition coefficient (Wildman–Crippen LogP) is 0.0977. The zero-order chi connectivity index (χ0) is 16.5. The summed E-state index contributed by atoms with van der Waals surface area (Å²) in [7, 11) is 0. The summed E-state index contributed by atoms with van der Waals surface area (Å²) in [5.74, 6) is -3.69. The lowest BCUT2D eigenvalue weighted by atomic mass is 9.84. The Bertz CT molecular complexity index is 343.